The summed E-state index contributed by atoms with van der Waals surface area (Å²) >= 11 is 0. The summed E-state index contributed by atoms with van der Waals surface area (Å²) in [7, 11) is 0. The van der Waals surface area contributed by atoms with Crippen molar-refractivity contribution >= 4 is 0 Å². The maximum Gasteiger partial charge on any atom is -0.0321 e. The normalized spacial score (nSPS) is 13.3. The highest BCUT2D eigenvalue weighted by Gasteiger charge is 1.97. The van der Waals surface area contributed by atoms with Crippen molar-refractivity contribution in [2.24, 2.45) is 5.92 Å². The lowest BCUT2D eigenvalue weighted by molar-refractivity contribution is 0.515. The van der Waals surface area contributed by atoms with E-state index in [4.69, 9.17) is 0 Å². The quantitative estimate of drug-likeness (QED) is 0.531. The second-order valence-corrected chi connectivity index (χ2v) is 3.19. The highest BCUT2D eigenvalue weighted by molar-refractivity contribution is 4.95. The molecule has 0 aliphatic carbocycles. The van der Waals surface area contributed by atoms with E-state index in [-0.39, 0.29) is 0 Å². The van der Waals surface area contributed by atoms with Gasteiger partial charge in [0.05, 0.1) is 0 Å². The van der Waals surface area contributed by atoms with E-state index in [1.165, 1.54) is 24.8 Å². The van der Waals surface area contributed by atoms with E-state index in [1.807, 2.05) is 13.8 Å². The van der Waals surface area contributed by atoms with Crippen LogP contribution in [0.3, 0.4) is 0 Å². The van der Waals surface area contributed by atoms with Crippen molar-refractivity contribution in [1.82, 2.24) is 0 Å². The summed E-state index contributed by atoms with van der Waals surface area (Å²) in [6.07, 6.45) is 6.16. The van der Waals surface area contributed by atoms with Crippen LogP contribution < -0.4 is 0 Å². The second-order valence-electron chi connectivity index (χ2n) is 3.19. The van der Waals surface area contributed by atoms with Crippen LogP contribution in [0.15, 0.2) is 11.6 Å². The first kappa shape index (κ1) is 14.3. The van der Waals surface area contributed by atoms with Gasteiger partial charge in [-0.3, -0.25) is 0 Å². The van der Waals surface area contributed by atoms with Gasteiger partial charge in [0.15, 0.2) is 0 Å². The minimum absolute atomic E-state index is 0.898. The first-order valence-electron chi connectivity index (χ1n) is 5.32. The fraction of sp³-hybridized carbons (Fsp3) is 0.833. The molecular formula is C12H26. The third-order valence-electron chi connectivity index (χ3n) is 2.22. The van der Waals surface area contributed by atoms with E-state index < -0.39 is 0 Å². The van der Waals surface area contributed by atoms with Crippen LogP contribution in [-0.2, 0) is 0 Å². The lowest BCUT2D eigenvalue weighted by Gasteiger charge is -2.06. The molecule has 0 rings (SSSR count). The smallest absolute Gasteiger partial charge is 0.0321 e. The van der Waals surface area contributed by atoms with E-state index in [0.29, 0.717) is 0 Å². The van der Waals surface area contributed by atoms with Crippen LogP contribution >= 0.6 is 0 Å². The highest BCUT2D eigenvalue weighted by atomic mass is 14.0. The van der Waals surface area contributed by atoms with Crippen LogP contribution in [0, 0.1) is 5.92 Å². The molecule has 74 valence electrons. The lowest BCUT2D eigenvalue weighted by Crippen LogP contribution is -1.91. The van der Waals surface area contributed by atoms with Gasteiger partial charge in [-0.15, -0.1) is 0 Å². The van der Waals surface area contributed by atoms with Gasteiger partial charge < -0.3 is 0 Å². The maximum atomic E-state index is 2.32. The molecule has 0 fully saturated rings. The van der Waals surface area contributed by atoms with Crippen molar-refractivity contribution in [2.75, 3.05) is 0 Å². The van der Waals surface area contributed by atoms with Gasteiger partial charge in [0.25, 0.3) is 0 Å². The van der Waals surface area contributed by atoms with Gasteiger partial charge in [0, 0.05) is 0 Å². The molecule has 0 aliphatic rings. The molecule has 12 heavy (non-hydrogen) atoms. The Morgan fingerprint density at radius 3 is 2.17 bits per heavy atom. The Bertz CT molecular complexity index is 101. The summed E-state index contributed by atoms with van der Waals surface area (Å²) in [6, 6.07) is 0. The van der Waals surface area contributed by atoms with Crippen molar-refractivity contribution in [3.05, 3.63) is 11.6 Å². The molecule has 0 saturated heterocycles. The minimum atomic E-state index is 0.898. The van der Waals surface area contributed by atoms with Crippen molar-refractivity contribution in [3.8, 4) is 0 Å². The van der Waals surface area contributed by atoms with Crippen LogP contribution in [0.4, 0.5) is 0 Å². The molecule has 1 atom stereocenters. The fourth-order valence-corrected chi connectivity index (χ4v) is 0.823. The average molecular weight is 170 g/mol. The summed E-state index contributed by atoms with van der Waals surface area (Å²) in [4.78, 5) is 0. The number of rotatable bonds is 4. The van der Waals surface area contributed by atoms with Crippen LogP contribution in [0.2, 0.25) is 0 Å². The van der Waals surface area contributed by atoms with Gasteiger partial charge in [0.1, 0.15) is 0 Å². The topological polar surface area (TPSA) is 0 Å². The zero-order chi connectivity index (χ0) is 9.98. The Labute approximate surface area is 79.1 Å². The Hall–Kier alpha value is -0.260. The summed E-state index contributed by atoms with van der Waals surface area (Å²) in [6.45, 7) is 12.9. The van der Waals surface area contributed by atoms with Crippen LogP contribution in [0.5, 0.6) is 0 Å². The van der Waals surface area contributed by atoms with Gasteiger partial charge in [-0.1, -0.05) is 45.8 Å². The molecule has 1 unspecified atom stereocenters. The highest BCUT2D eigenvalue weighted by Crippen LogP contribution is 2.13. The third kappa shape index (κ3) is 9.74. The Morgan fingerprint density at radius 1 is 1.33 bits per heavy atom. The van der Waals surface area contributed by atoms with Gasteiger partial charge >= 0.3 is 0 Å². The van der Waals surface area contributed by atoms with Gasteiger partial charge in [-0.05, 0) is 32.6 Å². The molecule has 0 saturated carbocycles. The fourth-order valence-electron chi connectivity index (χ4n) is 0.823. The molecule has 0 bridgehead atoms. The molecule has 0 amide bonds. The lowest BCUT2D eigenvalue weighted by atomic mass is 10.00. The van der Waals surface area contributed by atoms with Crippen LogP contribution in [0.1, 0.15) is 60.8 Å². The average Bonchev–Trinajstić information content (AvgIpc) is 2.16. The van der Waals surface area contributed by atoms with Crippen molar-refractivity contribution in [2.45, 2.75) is 60.8 Å². The SMILES string of the molecule is C/C=C(/C)CCC(C)CC.CC. The number of hydrogen-bond donors (Lipinski definition) is 0. The molecule has 0 heteroatoms. The predicted octanol–water partition coefficient (Wildman–Crippen LogP) is 4.81. The Kier molecular flexibility index (Phi) is 12.8. The first-order valence-corrected chi connectivity index (χ1v) is 5.32. The van der Waals surface area contributed by atoms with E-state index in [2.05, 4.69) is 33.8 Å². The zero-order valence-corrected chi connectivity index (χ0v) is 9.78. The van der Waals surface area contributed by atoms with Gasteiger partial charge in [-0.25, -0.2) is 0 Å². The van der Waals surface area contributed by atoms with Crippen molar-refractivity contribution in [1.29, 1.82) is 0 Å². The molecule has 0 nitrogen and oxygen atoms in total. The van der Waals surface area contributed by atoms with E-state index >= 15 is 0 Å². The van der Waals surface area contributed by atoms with Crippen LogP contribution in [-0.4, -0.2) is 0 Å². The molecule has 0 aromatic heterocycles. The summed E-state index contributed by atoms with van der Waals surface area (Å²) in [5, 5.41) is 0. The molecule has 0 heterocycles. The van der Waals surface area contributed by atoms with E-state index in [1.54, 1.807) is 0 Å². The molecule has 0 aliphatic heterocycles. The van der Waals surface area contributed by atoms with Gasteiger partial charge in [-0.2, -0.15) is 0 Å². The number of allylic oxidation sites excluding steroid dienone is 2. The molecule has 0 aromatic carbocycles. The third-order valence-corrected chi connectivity index (χ3v) is 2.22. The van der Waals surface area contributed by atoms with E-state index in [9.17, 15) is 0 Å². The molecule has 0 N–H and O–H groups in total. The molecule has 0 spiro atoms. The molecule has 0 aromatic rings. The zero-order valence-electron chi connectivity index (χ0n) is 9.78. The molecule has 0 radical (unpaired) electrons. The Morgan fingerprint density at radius 2 is 1.83 bits per heavy atom. The number of hydrogen-bond acceptors (Lipinski definition) is 0. The van der Waals surface area contributed by atoms with Crippen LogP contribution in [0.25, 0.3) is 0 Å². The minimum Gasteiger partial charge on any atom is -0.0887 e. The maximum absolute atomic E-state index is 2.32. The Balaban J connectivity index is 0. The largest absolute Gasteiger partial charge is 0.0887 e. The molecular weight excluding hydrogens is 144 g/mol. The first-order chi connectivity index (χ1) is 5.70. The summed E-state index contributed by atoms with van der Waals surface area (Å²) < 4.78 is 0. The predicted molar refractivity (Wildman–Crippen MR) is 59.5 cm³/mol. The van der Waals surface area contributed by atoms with Gasteiger partial charge in [0.2, 0.25) is 0 Å². The van der Waals surface area contributed by atoms with Crippen molar-refractivity contribution in [3.63, 3.8) is 0 Å². The van der Waals surface area contributed by atoms with Crippen molar-refractivity contribution < 1.29 is 0 Å². The second kappa shape index (κ2) is 10.7. The van der Waals surface area contributed by atoms with E-state index in [0.717, 1.165) is 5.92 Å². The standard InChI is InChI=1S/C10H20.C2H6/c1-5-9(3)7-8-10(4)6-2;1-2/h5,10H,6-8H2,1-4H3;1-2H3/b9-5-;. The summed E-state index contributed by atoms with van der Waals surface area (Å²) in [5.74, 6) is 0.898. The summed E-state index contributed by atoms with van der Waals surface area (Å²) in [5.41, 5.74) is 1.53. The monoisotopic (exact) mass is 170 g/mol.